The van der Waals surface area contributed by atoms with Gasteiger partial charge in [0.05, 0.1) is 6.54 Å². The molecule has 1 amide bonds. The average Bonchev–Trinajstić information content (AvgIpc) is 3.01. The Morgan fingerprint density at radius 2 is 2.21 bits per heavy atom. The second kappa shape index (κ2) is 4.75. The minimum absolute atomic E-state index is 0.264. The standard InChI is InChI=1S/C10H19N3O/c14-10(8-12-9-2-3-9)13-6-1-4-11-5-7-13/h9,11-12H,1-8H2. The molecule has 0 spiro atoms. The Hall–Kier alpha value is -0.610. The highest BCUT2D eigenvalue weighted by atomic mass is 16.2. The maximum absolute atomic E-state index is 11.7. The molecule has 1 aliphatic heterocycles. The molecule has 2 N–H and O–H groups in total. The van der Waals surface area contributed by atoms with Crippen molar-refractivity contribution < 1.29 is 4.79 Å². The predicted molar refractivity (Wildman–Crippen MR) is 55.1 cm³/mol. The molecule has 0 aromatic heterocycles. The molecule has 2 fully saturated rings. The van der Waals surface area contributed by atoms with Crippen molar-refractivity contribution in [3.05, 3.63) is 0 Å². The lowest BCUT2D eigenvalue weighted by Gasteiger charge is -2.20. The number of carbonyl (C=O) groups excluding carboxylic acids is 1. The van der Waals surface area contributed by atoms with E-state index in [2.05, 4.69) is 10.6 Å². The minimum atomic E-state index is 0.264. The van der Waals surface area contributed by atoms with Gasteiger partial charge in [-0.25, -0.2) is 0 Å². The second-order valence-corrected chi connectivity index (χ2v) is 4.14. The molecule has 1 aliphatic carbocycles. The van der Waals surface area contributed by atoms with Gasteiger partial charge in [-0.2, -0.15) is 0 Å². The fraction of sp³-hybridized carbons (Fsp3) is 0.900. The number of hydrogen-bond acceptors (Lipinski definition) is 3. The first-order valence-electron chi connectivity index (χ1n) is 5.58. The summed E-state index contributed by atoms with van der Waals surface area (Å²) in [5.74, 6) is 0.264. The molecule has 2 aliphatic rings. The SMILES string of the molecule is O=C(CNC1CC1)N1CCCNCC1. The van der Waals surface area contributed by atoms with Gasteiger partial charge in [-0.3, -0.25) is 4.79 Å². The van der Waals surface area contributed by atoms with Crippen LogP contribution in [0.25, 0.3) is 0 Å². The van der Waals surface area contributed by atoms with Crippen molar-refractivity contribution in [3.63, 3.8) is 0 Å². The van der Waals surface area contributed by atoms with Crippen LogP contribution in [0.4, 0.5) is 0 Å². The molecule has 14 heavy (non-hydrogen) atoms. The molecular formula is C10H19N3O. The summed E-state index contributed by atoms with van der Waals surface area (Å²) in [6, 6.07) is 0.629. The number of nitrogens with one attached hydrogen (secondary N) is 2. The Balaban J connectivity index is 1.70. The van der Waals surface area contributed by atoms with Crippen molar-refractivity contribution in [2.45, 2.75) is 25.3 Å². The van der Waals surface area contributed by atoms with Crippen LogP contribution in [0.1, 0.15) is 19.3 Å². The quantitative estimate of drug-likeness (QED) is 0.645. The van der Waals surface area contributed by atoms with Gasteiger partial charge in [-0.15, -0.1) is 0 Å². The topological polar surface area (TPSA) is 44.4 Å². The summed E-state index contributed by atoms with van der Waals surface area (Å²) in [5.41, 5.74) is 0. The van der Waals surface area contributed by atoms with Crippen LogP contribution in [0.5, 0.6) is 0 Å². The predicted octanol–water partition coefficient (Wildman–Crippen LogP) is -0.440. The normalized spacial score (nSPS) is 23.3. The molecule has 0 unspecified atom stereocenters. The van der Waals surface area contributed by atoms with Crippen LogP contribution < -0.4 is 10.6 Å². The third-order valence-electron chi connectivity index (χ3n) is 2.81. The zero-order valence-corrected chi connectivity index (χ0v) is 8.59. The van der Waals surface area contributed by atoms with Crippen molar-refractivity contribution in [2.24, 2.45) is 0 Å². The summed E-state index contributed by atoms with van der Waals surface area (Å²) >= 11 is 0. The van der Waals surface area contributed by atoms with E-state index in [1.54, 1.807) is 0 Å². The molecule has 0 aromatic rings. The summed E-state index contributed by atoms with van der Waals surface area (Å²) in [6.45, 7) is 4.29. The maximum Gasteiger partial charge on any atom is 0.236 e. The first-order valence-corrected chi connectivity index (χ1v) is 5.58. The highest BCUT2D eigenvalue weighted by molar-refractivity contribution is 5.78. The van der Waals surface area contributed by atoms with E-state index >= 15 is 0 Å². The van der Waals surface area contributed by atoms with Crippen LogP contribution in [0, 0.1) is 0 Å². The second-order valence-electron chi connectivity index (χ2n) is 4.14. The third kappa shape index (κ3) is 2.96. The van der Waals surface area contributed by atoms with E-state index in [0.29, 0.717) is 12.6 Å². The molecule has 1 saturated carbocycles. The number of hydrogen-bond donors (Lipinski definition) is 2. The van der Waals surface area contributed by atoms with E-state index in [-0.39, 0.29) is 5.91 Å². The molecule has 1 saturated heterocycles. The lowest BCUT2D eigenvalue weighted by molar-refractivity contribution is -0.130. The number of nitrogens with zero attached hydrogens (tertiary/aromatic N) is 1. The van der Waals surface area contributed by atoms with Crippen molar-refractivity contribution >= 4 is 5.91 Å². The highest BCUT2D eigenvalue weighted by Crippen LogP contribution is 2.18. The lowest BCUT2D eigenvalue weighted by atomic mass is 10.4. The van der Waals surface area contributed by atoms with E-state index in [1.165, 1.54) is 12.8 Å². The van der Waals surface area contributed by atoms with E-state index in [9.17, 15) is 4.79 Å². The first kappa shape index (κ1) is 9.93. The summed E-state index contributed by atoms with van der Waals surface area (Å²) in [7, 11) is 0. The molecule has 0 radical (unpaired) electrons. The van der Waals surface area contributed by atoms with E-state index in [1.807, 2.05) is 4.90 Å². The Morgan fingerprint density at radius 1 is 1.36 bits per heavy atom. The third-order valence-corrected chi connectivity index (χ3v) is 2.81. The van der Waals surface area contributed by atoms with Gasteiger partial charge in [0.2, 0.25) is 5.91 Å². The van der Waals surface area contributed by atoms with Gasteiger partial charge >= 0.3 is 0 Å². The molecule has 4 heteroatoms. The number of rotatable bonds is 3. The number of carbonyl (C=O) groups is 1. The highest BCUT2D eigenvalue weighted by Gasteiger charge is 2.22. The zero-order chi connectivity index (χ0) is 9.80. The Kier molecular flexibility index (Phi) is 3.37. The Morgan fingerprint density at radius 3 is 3.00 bits per heavy atom. The summed E-state index contributed by atoms with van der Waals surface area (Å²) in [4.78, 5) is 13.7. The van der Waals surface area contributed by atoms with Gasteiger partial charge in [0.1, 0.15) is 0 Å². The fourth-order valence-electron chi connectivity index (χ4n) is 1.73. The van der Waals surface area contributed by atoms with E-state index in [0.717, 1.165) is 32.6 Å². The van der Waals surface area contributed by atoms with Gasteiger partial charge in [-0.05, 0) is 25.8 Å². The van der Waals surface area contributed by atoms with E-state index < -0.39 is 0 Å². The Bertz CT molecular complexity index is 196. The summed E-state index contributed by atoms with van der Waals surface area (Å²) in [6.07, 6.45) is 3.57. The molecule has 2 rings (SSSR count). The van der Waals surface area contributed by atoms with Gasteiger partial charge in [0, 0.05) is 25.7 Å². The smallest absolute Gasteiger partial charge is 0.236 e. The fourth-order valence-corrected chi connectivity index (χ4v) is 1.73. The van der Waals surface area contributed by atoms with Gasteiger partial charge < -0.3 is 15.5 Å². The van der Waals surface area contributed by atoms with Crippen LogP contribution in [0.2, 0.25) is 0 Å². The molecule has 0 atom stereocenters. The molecule has 0 aromatic carbocycles. The molecular weight excluding hydrogens is 178 g/mol. The number of amides is 1. The Labute approximate surface area is 85.0 Å². The van der Waals surface area contributed by atoms with Crippen LogP contribution in [0.15, 0.2) is 0 Å². The van der Waals surface area contributed by atoms with E-state index in [4.69, 9.17) is 0 Å². The zero-order valence-electron chi connectivity index (χ0n) is 8.59. The van der Waals surface area contributed by atoms with Crippen molar-refractivity contribution in [1.29, 1.82) is 0 Å². The van der Waals surface area contributed by atoms with Crippen LogP contribution >= 0.6 is 0 Å². The maximum atomic E-state index is 11.7. The van der Waals surface area contributed by atoms with Crippen molar-refractivity contribution in [2.75, 3.05) is 32.7 Å². The van der Waals surface area contributed by atoms with Crippen LogP contribution in [-0.2, 0) is 4.79 Å². The van der Waals surface area contributed by atoms with Gasteiger partial charge in [0.25, 0.3) is 0 Å². The van der Waals surface area contributed by atoms with Crippen molar-refractivity contribution in [3.8, 4) is 0 Å². The minimum Gasteiger partial charge on any atom is -0.340 e. The average molecular weight is 197 g/mol. The molecule has 0 bridgehead atoms. The van der Waals surface area contributed by atoms with Gasteiger partial charge in [-0.1, -0.05) is 0 Å². The summed E-state index contributed by atoms with van der Waals surface area (Å²) in [5, 5.41) is 6.56. The molecule has 1 heterocycles. The van der Waals surface area contributed by atoms with Gasteiger partial charge in [0.15, 0.2) is 0 Å². The monoisotopic (exact) mass is 197 g/mol. The van der Waals surface area contributed by atoms with Crippen LogP contribution in [0.3, 0.4) is 0 Å². The molecule has 4 nitrogen and oxygen atoms in total. The van der Waals surface area contributed by atoms with Crippen LogP contribution in [-0.4, -0.2) is 49.6 Å². The summed E-state index contributed by atoms with van der Waals surface area (Å²) < 4.78 is 0. The lowest BCUT2D eigenvalue weighted by Crippen LogP contribution is -2.40. The van der Waals surface area contributed by atoms with Crippen molar-refractivity contribution in [1.82, 2.24) is 15.5 Å². The largest absolute Gasteiger partial charge is 0.340 e. The molecule has 80 valence electrons. The first-order chi connectivity index (χ1) is 6.86.